The monoisotopic (exact) mass is 211 g/mol. The van der Waals surface area contributed by atoms with Crippen LogP contribution in [0, 0.1) is 17.8 Å². The maximum absolute atomic E-state index is 3.77. The second-order valence-corrected chi connectivity index (χ2v) is 6.24. The lowest BCUT2D eigenvalue weighted by Gasteiger charge is -2.37. The van der Waals surface area contributed by atoms with Crippen LogP contribution in [0.25, 0.3) is 0 Å². The van der Waals surface area contributed by atoms with E-state index < -0.39 is 0 Å². The molecule has 0 spiro atoms. The fraction of sp³-hybridized carbons (Fsp3) is 1.00. The quantitative estimate of drug-likeness (QED) is 0.745. The van der Waals surface area contributed by atoms with Crippen LogP contribution in [0.15, 0.2) is 0 Å². The van der Waals surface area contributed by atoms with E-state index in [4.69, 9.17) is 0 Å². The zero-order valence-corrected chi connectivity index (χ0v) is 11.2. The Morgan fingerprint density at radius 1 is 1.13 bits per heavy atom. The fourth-order valence-electron chi connectivity index (χ4n) is 2.96. The van der Waals surface area contributed by atoms with Gasteiger partial charge in [-0.1, -0.05) is 41.0 Å². The third-order valence-electron chi connectivity index (χ3n) is 3.58. The van der Waals surface area contributed by atoms with Gasteiger partial charge in [0.25, 0.3) is 0 Å². The molecule has 1 saturated carbocycles. The van der Waals surface area contributed by atoms with Gasteiger partial charge in [-0.15, -0.1) is 0 Å². The van der Waals surface area contributed by atoms with Crippen molar-refractivity contribution in [1.29, 1.82) is 0 Å². The Morgan fingerprint density at radius 2 is 1.80 bits per heavy atom. The molecule has 0 aromatic heterocycles. The van der Waals surface area contributed by atoms with Crippen molar-refractivity contribution in [2.75, 3.05) is 0 Å². The van der Waals surface area contributed by atoms with Gasteiger partial charge in [0.1, 0.15) is 0 Å². The van der Waals surface area contributed by atoms with Crippen molar-refractivity contribution in [3.8, 4) is 0 Å². The Balaban J connectivity index is 2.50. The van der Waals surface area contributed by atoms with E-state index in [1.165, 1.54) is 25.7 Å². The van der Waals surface area contributed by atoms with Gasteiger partial charge in [0, 0.05) is 12.1 Å². The van der Waals surface area contributed by atoms with Gasteiger partial charge in [-0.05, 0) is 37.0 Å². The predicted molar refractivity (Wildman–Crippen MR) is 68.0 cm³/mol. The van der Waals surface area contributed by atoms with Crippen LogP contribution in [0.4, 0.5) is 0 Å². The molecule has 1 N–H and O–H groups in total. The highest BCUT2D eigenvalue weighted by Gasteiger charge is 2.28. The first-order valence-electron chi connectivity index (χ1n) is 6.75. The van der Waals surface area contributed by atoms with Crippen molar-refractivity contribution in [3.63, 3.8) is 0 Å². The summed E-state index contributed by atoms with van der Waals surface area (Å²) in [5.41, 5.74) is 0. The molecular formula is C14H29N. The van der Waals surface area contributed by atoms with E-state index in [9.17, 15) is 0 Å². The molecule has 0 radical (unpaired) electrons. The summed E-state index contributed by atoms with van der Waals surface area (Å²) in [5.74, 6) is 2.69. The summed E-state index contributed by atoms with van der Waals surface area (Å²) in [5, 5.41) is 3.77. The summed E-state index contributed by atoms with van der Waals surface area (Å²) in [6.45, 7) is 11.6. The van der Waals surface area contributed by atoms with Gasteiger partial charge in [0.05, 0.1) is 0 Å². The predicted octanol–water partition coefficient (Wildman–Crippen LogP) is 3.84. The number of hydrogen-bond acceptors (Lipinski definition) is 1. The van der Waals surface area contributed by atoms with E-state index >= 15 is 0 Å². The molecule has 3 unspecified atom stereocenters. The normalized spacial score (nSPS) is 32.6. The van der Waals surface area contributed by atoms with Crippen molar-refractivity contribution in [1.82, 2.24) is 5.32 Å². The average molecular weight is 211 g/mol. The smallest absolute Gasteiger partial charge is 0.0100 e. The maximum Gasteiger partial charge on any atom is 0.0100 e. The summed E-state index contributed by atoms with van der Waals surface area (Å²) in [6, 6.07) is 1.41. The molecule has 1 nitrogen and oxygen atoms in total. The molecule has 1 rings (SSSR count). The standard InChI is InChI=1S/C14H29N/c1-10(2)8-13-7-6-12(5)9-14(13)15-11(3)4/h10-15H,6-9H2,1-5H3. The van der Waals surface area contributed by atoms with E-state index in [2.05, 4.69) is 39.9 Å². The van der Waals surface area contributed by atoms with Gasteiger partial charge in [-0.25, -0.2) is 0 Å². The Kier molecular flexibility index (Phi) is 5.11. The summed E-state index contributed by atoms with van der Waals surface area (Å²) in [6.07, 6.45) is 5.66. The van der Waals surface area contributed by atoms with Gasteiger partial charge >= 0.3 is 0 Å². The van der Waals surface area contributed by atoms with Gasteiger partial charge in [0.2, 0.25) is 0 Å². The SMILES string of the molecule is CC(C)CC1CCC(C)CC1NC(C)C. The second-order valence-electron chi connectivity index (χ2n) is 6.24. The molecule has 0 heterocycles. The van der Waals surface area contributed by atoms with Crippen LogP contribution in [0.3, 0.4) is 0 Å². The van der Waals surface area contributed by atoms with Crippen LogP contribution >= 0.6 is 0 Å². The molecule has 15 heavy (non-hydrogen) atoms. The van der Waals surface area contributed by atoms with Crippen molar-refractivity contribution in [2.24, 2.45) is 17.8 Å². The van der Waals surface area contributed by atoms with E-state index in [0.717, 1.165) is 23.8 Å². The third kappa shape index (κ3) is 4.55. The van der Waals surface area contributed by atoms with Gasteiger partial charge < -0.3 is 5.32 Å². The minimum Gasteiger partial charge on any atom is -0.311 e. The molecule has 1 aliphatic rings. The molecule has 1 heteroatoms. The lowest BCUT2D eigenvalue weighted by Crippen LogP contribution is -2.44. The third-order valence-corrected chi connectivity index (χ3v) is 3.58. The lowest BCUT2D eigenvalue weighted by molar-refractivity contribution is 0.182. The summed E-state index contributed by atoms with van der Waals surface area (Å²) >= 11 is 0. The maximum atomic E-state index is 3.77. The van der Waals surface area contributed by atoms with Crippen molar-refractivity contribution in [2.45, 2.75) is 72.4 Å². The van der Waals surface area contributed by atoms with E-state index in [0.29, 0.717) is 6.04 Å². The van der Waals surface area contributed by atoms with Crippen molar-refractivity contribution in [3.05, 3.63) is 0 Å². The van der Waals surface area contributed by atoms with Gasteiger partial charge in [-0.2, -0.15) is 0 Å². The number of nitrogens with one attached hydrogen (secondary N) is 1. The number of rotatable bonds is 4. The molecule has 1 fully saturated rings. The van der Waals surface area contributed by atoms with Crippen molar-refractivity contribution >= 4 is 0 Å². The van der Waals surface area contributed by atoms with E-state index in [1.807, 2.05) is 0 Å². The zero-order chi connectivity index (χ0) is 11.4. The molecular weight excluding hydrogens is 182 g/mol. The Morgan fingerprint density at radius 3 is 2.33 bits per heavy atom. The molecule has 0 aromatic rings. The Bertz CT molecular complexity index is 172. The first kappa shape index (κ1) is 13.0. The van der Waals surface area contributed by atoms with Crippen molar-refractivity contribution < 1.29 is 0 Å². The fourth-order valence-corrected chi connectivity index (χ4v) is 2.96. The number of hydrogen-bond donors (Lipinski definition) is 1. The van der Waals surface area contributed by atoms with Crippen LogP contribution in [0.5, 0.6) is 0 Å². The van der Waals surface area contributed by atoms with E-state index in [-0.39, 0.29) is 0 Å². The molecule has 1 aliphatic carbocycles. The largest absolute Gasteiger partial charge is 0.311 e. The second kappa shape index (κ2) is 5.89. The van der Waals surface area contributed by atoms with Crippen LogP contribution in [-0.2, 0) is 0 Å². The summed E-state index contributed by atoms with van der Waals surface area (Å²) in [7, 11) is 0. The zero-order valence-electron chi connectivity index (χ0n) is 11.2. The van der Waals surface area contributed by atoms with Crippen LogP contribution in [-0.4, -0.2) is 12.1 Å². The molecule has 0 saturated heterocycles. The van der Waals surface area contributed by atoms with Gasteiger partial charge in [0.15, 0.2) is 0 Å². The first-order chi connectivity index (χ1) is 6.99. The minimum atomic E-state index is 0.634. The average Bonchev–Trinajstić information content (AvgIpc) is 2.08. The molecule has 0 aromatic carbocycles. The molecule has 90 valence electrons. The summed E-state index contributed by atoms with van der Waals surface area (Å²) in [4.78, 5) is 0. The van der Waals surface area contributed by atoms with Crippen LogP contribution < -0.4 is 5.32 Å². The molecule has 0 bridgehead atoms. The Hall–Kier alpha value is -0.0400. The molecule has 3 atom stereocenters. The van der Waals surface area contributed by atoms with Crippen LogP contribution in [0.2, 0.25) is 0 Å². The highest BCUT2D eigenvalue weighted by molar-refractivity contribution is 4.85. The highest BCUT2D eigenvalue weighted by atomic mass is 14.9. The lowest BCUT2D eigenvalue weighted by atomic mass is 9.75. The summed E-state index contributed by atoms with van der Waals surface area (Å²) < 4.78 is 0. The first-order valence-corrected chi connectivity index (χ1v) is 6.75. The minimum absolute atomic E-state index is 0.634. The van der Waals surface area contributed by atoms with E-state index in [1.54, 1.807) is 0 Å². The highest BCUT2D eigenvalue weighted by Crippen LogP contribution is 2.33. The molecule has 0 aliphatic heterocycles. The molecule has 0 amide bonds. The topological polar surface area (TPSA) is 12.0 Å². The van der Waals surface area contributed by atoms with Crippen LogP contribution in [0.1, 0.15) is 60.3 Å². The Labute approximate surface area is 96.0 Å². The van der Waals surface area contributed by atoms with Gasteiger partial charge in [-0.3, -0.25) is 0 Å².